The van der Waals surface area contributed by atoms with Gasteiger partial charge in [0.25, 0.3) is 0 Å². The molecular weight excluding hydrogens is 206 g/mol. The Bertz CT molecular complexity index is 377. The summed E-state index contributed by atoms with van der Waals surface area (Å²) in [5, 5.41) is 8.68. The van der Waals surface area contributed by atoms with Crippen LogP contribution in [-0.2, 0) is 11.2 Å². The first-order valence-corrected chi connectivity index (χ1v) is 5.16. The average Bonchev–Trinajstić information content (AvgIpc) is 2.25. The van der Waals surface area contributed by atoms with E-state index in [1.54, 1.807) is 7.11 Å². The van der Waals surface area contributed by atoms with Gasteiger partial charge < -0.3 is 15.6 Å². The molecule has 1 aromatic rings. The lowest BCUT2D eigenvalue weighted by molar-refractivity contribution is -0.138. The minimum Gasteiger partial charge on any atom is -0.496 e. The fourth-order valence-corrected chi connectivity index (χ4v) is 1.54. The number of ether oxygens (including phenoxy) is 1. The van der Waals surface area contributed by atoms with Crippen molar-refractivity contribution in [1.82, 2.24) is 0 Å². The van der Waals surface area contributed by atoms with Gasteiger partial charge in [0.15, 0.2) is 0 Å². The van der Waals surface area contributed by atoms with Crippen molar-refractivity contribution in [2.45, 2.75) is 25.8 Å². The van der Waals surface area contributed by atoms with E-state index in [0.717, 1.165) is 16.9 Å². The van der Waals surface area contributed by atoms with Crippen molar-refractivity contribution < 1.29 is 14.6 Å². The van der Waals surface area contributed by atoms with E-state index in [0.29, 0.717) is 12.8 Å². The maximum atomic E-state index is 10.6. The Kier molecular flexibility index (Phi) is 4.31. The largest absolute Gasteiger partial charge is 0.496 e. The molecule has 0 fully saturated rings. The average molecular weight is 223 g/mol. The molecule has 88 valence electrons. The summed E-state index contributed by atoms with van der Waals surface area (Å²) in [6, 6.07) is 5.02. The molecule has 16 heavy (non-hydrogen) atoms. The van der Waals surface area contributed by atoms with E-state index in [-0.39, 0.29) is 0 Å². The molecule has 0 saturated carbocycles. The first kappa shape index (κ1) is 12.5. The molecule has 0 bridgehead atoms. The number of hydrogen-bond acceptors (Lipinski definition) is 3. The first-order valence-electron chi connectivity index (χ1n) is 5.16. The number of methoxy groups -OCH3 is 1. The van der Waals surface area contributed by atoms with Crippen LogP contribution in [0.3, 0.4) is 0 Å². The Hall–Kier alpha value is -1.55. The van der Waals surface area contributed by atoms with Crippen molar-refractivity contribution >= 4 is 5.97 Å². The summed E-state index contributed by atoms with van der Waals surface area (Å²) < 4.78 is 5.20. The number of carboxylic acids is 1. The van der Waals surface area contributed by atoms with Gasteiger partial charge in [-0.3, -0.25) is 4.79 Å². The highest BCUT2D eigenvalue weighted by molar-refractivity contribution is 5.73. The van der Waals surface area contributed by atoms with Crippen LogP contribution in [0.2, 0.25) is 0 Å². The number of benzene rings is 1. The van der Waals surface area contributed by atoms with Crippen LogP contribution < -0.4 is 10.5 Å². The van der Waals surface area contributed by atoms with Gasteiger partial charge >= 0.3 is 5.97 Å². The third-order valence-electron chi connectivity index (χ3n) is 2.48. The van der Waals surface area contributed by atoms with E-state index in [2.05, 4.69) is 0 Å². The third-order valence-corrected chi connectivity index (χ3v) is 2.48. The topological polar surface area (TPSA) is 72.5 Å². The minimum atomic E-state index is -0.966. The Labute approximate surface area is 95.0 Å². The van der Waals surface area contributed by atoms with Crippen LogP contribution in [0, 0.1) is 6.92 Å². The second-order valence-corrected chi connectivity index (χ2v) is 3.80. The van der Waals surface area contributed by atoms with E-state index in [4.69, 9.17) is 15.6 Å². The summed E-state index contributed by atoms with van der Waals surface area (Å²) in [7, 11) is 1.60. The molecule has 4 nitrogen and oxygen atoms in total. The molecule has 0 aliphatic heterocycles. The maximum Gasteiger partial charge on any atom is 0.320 e. The molecule has 1 rings (SSSR count). The van der Waals surface area contributed by atoms with Crippen LogP contribution in [0.1, 0.15) is 17.5 Å². The molecule has 0 amide bonds. The van der Waals surface area contributed by atoms with E-state index in [9.17, 15) is 4.79 Å². The van der Waals surface area contributed by atoms with Gasteiger partial charge in [0.05, 0.1) is 7.11 Å². The fraction of sp³-hybridized carbons (Fsp3) is 0.417. The quantitative estimate of drug-likeness (QED) is 0.790. The summed E-state index contributed by atoms with van der Waals surface area (Å²) >= 11 is 0. The SMILES string of the molecule is COc1ccc(C)cc1CCC(N)C(=O)O. The van der Waals surface area contributed by atoms with Crippen molar-refractivity contribution in [3.8, 4) is 5.75 Å². The first-order chi connectivity index (χ1) is 7.54. The predicted molar refractivity (Wildman–Crippen MR) is 61.7 cm³/mol. The molecule has 4 heteroatoms. The number of aryl methyl sites for hydroxylation is 2. The number of hydrogen-bond donors (Lipinski definition) is 2. The van der Waals surface area contributed by atoms with Crippen LogP contribution in [-0.4, -0.2) is 24.2 Å². The second kappa shape index (κ2) is 5.51. The van der Waals surface area contributed by atoms with E-state index in [1.165, 1.54) is 0 Å². The Morgan fingerprint density at radius 1 is 1.56 bits per heavy atom. The highest BCUT2D eigenvalue weighted by Crippen LogP contribution is 2.21. The molecule has 1 atom stereocenters. The predicted octanol–water partition coefficient (Wildman–Crippen LogP) is 1.35. The summed E-state index contributed by atoms with van der Waals surface area (Å²) in [5.74, 6) is -0.185. The van der Waals surface area contributed by atoms with E-state index < -0.39 is 12.0 Å². The Morgan fingerprint density at radius 3 is 2.81 bits per heavy atom. The minimum absolute atomic E-state index is 0.412. The summed E-state index contributed by atoms with van der Waals surface area (Å²) in [5.41, 5.74) is 7.58. The molecule has 0 aliphatic rings. The number of carboxylic acid groups (broad SMARTS) is 1. The number of rotatable bonds is 5. The van der Waals surface area contributed by atoms with Gasteiger partial charge in [-0.2, -0.15) is 0 Å². The van der Waals surface area contributed by atoms with Gasteiger partial charge in [-0.15, -0.1) is 0 Å². The van der Waals surface area contributed by atoms with Crippen LogP contribution in [0.5, 0.6) is 5.75 Å². The smallest absolute Gasteiger partial charge is 0.320 e. The molecule has 0 radical (unpaired) electrons. The molecule has 1 unspecified atom stereocenters. The van der Waals surface area contributed by atoms with Gasteiger partial charge in [0, 0.05) is 0 Å². The van der Waals surface area contributed by atoms with Crippen LogP contribution >= 0.6 is 0 Å². The maximum absolute atomic E-state index is 10.6. The van der Waals surface area contributed by atoms with Gasteiger partial charge in [0.1, 0.15) is 11.8 Å². The Morgan fingerprint density at radius 2 is 2.25 bits per heavy atom. The second-order valence-electron chi connectivity index (χ2n) is 3.80. The molecule has 1 aromatic carbocycles. The van der Waals surface area contributed by atoms with Crippen molar-refractivity contribution in [3.05, 3.63) is 29.3 Å². The van der Waals surface area contributed by atoms with Gasteiger partial charge in [-0.1, -0.05) is 17.7 Å². The van der Waals surface area contributed by atoms with Crippen molar-refractivity contribution in [2.24, 2.45) is 5.73 Å². The van der Waals surface area contributed by atoms with Gasteiger partial charge in [-0.25, -0.2) is 0 Å². The lowest BCUT2D eigenvalue weighted by Gasteiger charge is -2.11. The summed E-state index contributed by atoms with van der Waals surface area (Å²) in [6.45, 7) is 1.99. The molecule has 0 aromatic heterocycles. The molecule has 0 saturated heterocycles. The highest BCUT2D eigenvalue weighted by atomic mass is 16.5. The van der Waals surface area contributed by atoms with Crippen molar-refractivity contribution in [1.29, 1.82) is 0 Å². The van der Waals surface area contributed by atoms with Crippen LogP contribution in [0.4, 0.5) is 0 Å². The van der Waals surface area contributed by atoms with Crippen LogP contribution in [0.25, 0.3) is 0 Å². The molecule has 0 heterocycles. The summed E-state index contributed by atoms with van der Waals surface area (Å²) in [6.07, 6.45) is 1.02. The number of aliphatic carboxylic acids is 1. The fourth-order valence-electron chi connectivity index (χ4n) is 1.54. The lowest BCUT2D eigenvalue weighted by atomic mass is 10.0. The monoisotopic (exact) mass is 223 g/mol. The highest BCUT2D eigenvalue weighted by Gasteiger charge is 2.12. The van der Waals surface area contributed by atoms with E-state index >= 15 is 0 Å². The normalized spacial score (nSPS) is 12.2. The van der Waals surface area contributed by atoms with E-state index in [1.807, 2.05) is 25.1 Å². The molecular formula is C12H17NO3. The lowest BCUT2D eigenvalue weighted by Crippen LogP contribution is -2.30. The number of carbonyl (C=O) groups is 1. The molecule has 0 spiro atoms. The van der Waals surface area contributed by atoms with Crippen molar-refractivity contribution in [2.75, 3.05) is 7.11 Å². The van der Waals surface area contributed by atoms with Crippen LogP contribution in [0.15, 0.2) is 18.2 Å². The number of nitrogens with two attached hydrogens (primary N) is 1. The van der Waals surface area contributed by atoms with Gasteiger partial charge in [0.2, 0.25) is 0 Å². The zero-order valence-electron chi connectivity index (χ0n) is 9.56. The van der Waals surface area contributed by atoms with Crippen molar-refractivity contribution in [3.63, 3.8) is 0 Å². The zero-order valence-corrected chi connectivity index (χ0v) is 9.56. The third kappa shape index (κ3) is 3.24. The molecule has 3 N–H and O–H groups in total. The zero-order chi connectivity index (χ0) is 12.1. The molecule has 0 aliphatic carbocycles. The van der Waals surface area contributed by atoms with Gasteiger partial charge in [-0.05, 0) is 31.4 Å². The Balaban J connectivity index is 2.72. The standard InChI is InChI=1S/C12H17NO3/c1-8-3-6-11(16-2)9(7-8)4-5-10(13)12(14)15/h3,6-7,10H,4-5,13H2,1-2H3,(H,14,15). The summed E-state index contributed by atoms with van der Waals surface area (Å²) in [4.78, 5) is 10.6.